The van der Waals surface area contributed by atoms with Crippen molar-refractivity contribution in [3.05, 3.63) is 29.8 Å². The van der Waals surface area contributed by atoms with E-state index in [1.165, 1.54) is 6.92 Å². The second-order valence-corrected chi connectivity index (χ2v) is 5.01. The van der Waals surface area contributed by atoms with Crippen LogP contribution in [0, 0.1) is 0 Å². The number of rotatable bonds is 4. The number of benzene rings is 1. The highest BCUT2D eigenvalue weighted by atomic mass is 16.2. The Bertz CT molecular complexity index is 502. The molecule has 0 bridgehead atoms. The molecule has 1 unspecified atom stereocenters. The molecule has 5 nitrogen and oxygen atoms in total. The van der Waals surface area contributed by atoms with Crippen LogP contribution in [0.15, 0.2) is 24.3 Å². The highest BCUT2D eigenvalue weighted by Crippen LogP contribution is 2.20. The Morgan fingerprint density at radius 1 is 1.35 bits per heavy atom. The standard InChI is InChI=1S/C15H21N3O2/c1-3-16-14-7-5-4-6-13(14)15(20)18-9-8-12(10-18)17-11(2)19/h4-7,12,16H,3,8-10H2,1-2H3,(H,17,19). The van der Waals surface area contributed by atoms with Crippen molar-refractivity contribution < 1.29 is 9.59 Å². The van der Waals surface area contributed by atoms with Gasteiger partial charge >= 0.3 is 0 Å². The molecule has 0 aliphatic carbocycles. The number of nitrogens with zero attached hydrogens (tertiary/aromatic N) is 1. The van der Waals surface area contributed by atoms with E-state index in [0.717, 1.165) is 18.7 Å². The highest BCUT2D eigenvalue weighted by Gasteiger charge is 2.28. The first kappa shape index (κ1) is 14.4. The first-order valence-corrected chi connectivity index (χ1v) is 7.01. The van der Waals surface area contributed by atoms with Crippen LogP contribution in [0.2, 0.25) is 0 Å². The largest absolute Gasteiger partial charge is 0.385 e. The Labute approximate surface area is 119 Å². The highest BCUT2D eigenvalue weighted by molar-refractivity contribution is 5.99. The average Bonchev–Trinajstić information content (AvgIpc) is 2.86. The number of carbonyl (C=O) groups excluding carboxylic acids is 2. The van der Waals surface area contributed by atoms with Crippen molar-refractivity contribution in [3.8, 4) is 0 Å². The number of amides is 2. The Balaban J connectivity index is 2.07. The predicted octanol–water partition coefficient (Wildman–Crippen LogP) is 1.47. The van der Waals surface area contributed by atoms with Crippen LogP contribution >= 0.6 is 0 Å². The Hall–Kier alpha value is -2.04. The van der Waals surface area contributed by atoms with Crippen LogP contribution in [-0.4, -0.2) is 42.4 Å². The van der Waals surface area contributed by atoms with E-state index in [2.05, 4.69) is 10.6 Å². The topological polar surface area (TPSA) is 61.4 Å². The first-order chi connectivity index (χ1) is 9.61. The van der Waals surface area contributed by atoms with Gasteiger partial charge in [0.2, 0.25) is 5.91 Å². The van der Waals surface area contributed by atoms with Crippen LogP contribution in [0.4, 0.5) is 5.69 Å². The summed E-state index contributed by atoms with van der Waals surface area (Å²) in [7, 11) is 0. The van der Waals surface area contributed by atoms with Crippen LogP contribution in [0.25, 0.3) is 0 Å². The molecule has 20 heavy (non-hydrogen) atoms. The lowest BCUT2D eigenvalue weighted by Crippen LogP contribution is -2.37. The molecule has 2 N–H and O–H groups in total. The second kappa shape index (κ2) is 6.41. The summed E-state index contributed by atoms with van der Waals surface area (Å²) in [5.74, 6) is -0.0215. The third-order valence-electron chi connectivity index (χ3n) is 3.41. The van der Waals surface area contributed by atoms with Gasteiger partial charge in [0.25, 0.3) is 5.91 Å². The molecule has 0 saturated carbocycles. The number of anilines is 1. The van der Waals surface area contributed by atoms with Crippen molar-refractivity contribution in [3.63, 3.8) is 0 Å². The summed E-state index contributed by atoms with van der Waals surface area (Å²) >= 11 is 0. The number of hydrogen-bond acceptors (Lipinski definition) is 3. The van der Waals surface area contributed by atoms with Gasteiger partial charge in [0.15, 0.2) is 0 Å². The van der Waals surface area contributed by atoms with Gasteiger partial charge in [-0.25, -0.2) is 0 Å². The number of hydrogen-bond donors (Lipinski definition) is 2. The fourth-order valence-corrected chi connectivity index (χ4v) is 2.53. The fraction of sp³-hybridized carbons (Fsp3) is 0.467. The molecule has 5 heteroatoms. The minimum atomic E-state index is -0.0441. The molecule has 1 fully saturated rings. The fourth-order valence-electron chi connectivity index (χ4n) is 2.53. The van der Waals surface area contributed by atoms with Gasteiger partial charge in [0.05, 0.1) is 5.56 Å². The lowest BCUT2D eigenvalue weighted by molar-refractivity contribution is -0.119. The van der Waals surface area contributed by atoms with E-state index >= 15 is 0 Å². The molecule has 1 aliphatic rings. The molecule has 1 heterocycles. The molecule has 1 atom stereocenters. The van der Waals surface area contributed by atoms with Crippen LogP contribution < -0.4 is 10.6 Å². The van der Waals surface area contributed by atoms with Gasteiger partial charge < -0.3 is 15.5 Å². The normalized spacial score (nSPS) is 17.9. The van der Waals surface area contributed by atoms with Crippen molar-refractivity contribution in [1.29, 1.82) is 0 Å². The van der Waals surface area contributed by atoms with Gasteiger partial charge in [-0.15, -0.1) is 0 Å². The average molecular weight is 275 g/mol. The summed E-state index contributed by atoms with van der Waals surface area (Å²) in [6.45, 7) is 5.55. The molecule has 0 aromatic heterocycles. The van der Waals surface area contributed by atoms with Gasteiger partial charge in [-0.2, -0.15) is 0 Å². The zero-order chi connectivity index (χ0) is 14.5. The molecule has 1 aromatic rings. The van der Waals surface area contributed by atoms with Gasteiger partial charge in [-0.05, 0) is 25.5 Å². The van der Waals surface area contributed by atoms with Crippen molar-refractivity contribution in [2.75, 3.05) is 25.0 Å². The molecular formula is C15H21N3O2. The number of para-hydroxylation sites is 1. The summed E-state index contributed by atoms with van der Waals surface area (Å²) in [5.41, 5.74) is 1.56. The molecule has 1 aliphatic heterocycles. The quantitative estimate of drug-likeness (QED) is 0.874. The van der Waals surface area contributed by atoms with E-state index in [1.54, 1.807) is 4.90 Å². The number of likely N-dealkylation sites (tertiary alicyclic amines) is 1. The zero-order valence-corrected chi connectivity index (χ0v) is 12.0. The van der Waals surface area contributed by atoms with Gasteiger partial charge in [0, 0.05) is 38.3 Å². The maximum atomic E-state index is 12.5. The molecule has 0 spiro atoms. The second-order valence-electron chi connectivity index (χ2n) is 5.01. The summed E-state index contributed by atoms with van der Waals surface area (Å²) in [6, 6.07) is 7.61. The molecule has 0 radical (unpaired) electrons. The Kier molecular flexibility index (Phi) is 4.61. The van der Waals surface area contributed by atoms with Crippen molar-refractivity contribution >= 4 is 17.5 Å². The van der Waals surface area contributed by atoms with Crippen molar-refractivity contribution in [1.82, 2.24) is 10.2 Å². The van der Waals surface area contributed by atoms with Crippen LogP contribution in [0.5, 0.6) is 0 Å². The van der Waals surface area contributed by atoms with E-state index in [9.17, 15) is 9.59 Å². The predicted molar refractivity (Wildman–Crippen MR) is 78.7 cm³/mol. The van der Waals surface area contributed by atoms with Crippen LogP contribution in [0.1, 0.15) is 30.6 Å². The SMILES string of the molecule is CCNc1ccccc1C(=O)N1CCC(NC(C)=O)C1. The maximum absolute atomic E-state index is 12.5. The monoisotopic (exact) mass is 275 g/mol. The van der Waals surface area contributed by atoms with Gasteiger partial charge in [0.1, 0.15) is 0 Å². The lowest BCUT2D eigenvalue weighted by Gasteiger charge is -2.19. The molecule has 2 rings (SSSR count). The third kappa shape index (κ3) is 3.29. The molecule has 108 valence electrons. The number of carbonyl (C=O) groups is 2. The summed E-state index contributed by atoms with van der Waals surface area (Å²) < 4.78 is 0. The van der Waals surface area contributed by atoms with E-state index in [0.29, 0.717) is 18.7 Å². The first-order valence-electron chi connectivity index (χ1n) is 7.01. The Morgan fingerprint density at radius 2 is 2.10 bits per heavy atom. The smallest absolute Gasteiger partial charge is 0.256 e. The molecule has 1 aromatic carbocycles. The lowest BCUT2D eigenvalue weighted by atomic mass is 10.1. The van der Waals surface area contributed by atoms with E-state index in [1.807, 2.05) is 31.2 Å². The summed E-state index contributed by atoms with van der Waals surface area (Å²) in [5, 5.41) is 6.08. The van der Waals surface area contributed by atoms with Gasteiger partial charge in [-0.1, -0.05) is 12.1 Å². The maximum Gasteiger partial charge on any atom is 0.256 e. The molecule has 1 saturated heterocycles. The third-order valence-corrected chi connectivity index (χ3v) is 3.41. The van der Waals surface area contributed by atoms with E-state index in [-0.39, 0.29) is 17.9 Å². The van der Waals surface area contributed by atoms with Crippen LogP contribution in [0.3, 0.4) is 0 Å². The van der Waals surface area contributed by atoms with E-state index < -0.39 is 0 Å². The summed E-state index contributed by atoms with van der Waals surface area (Å²) in [6.07, 6.45) is 0.814. The van der Waals surface area contributed by atoms with Crippen LogP contribution in [-0.2, 0) is 4.79 Å². The minimum Gasteiger partial charge on any atom is -0.385 e. The summed E-state index contributed by atoms with van der Waals surface area (Å²) in [4.78, 5) is 25.4. The van der Waals surface area contributed by atoms with Crippen molar-refractivity contribution in [2.45, 2.75) is 26.3 Å². The minimum absolute atomic E-state index is 0.0226. The van der Waals surface area contributed by atoms with E-state index in [4.69, 9.17) is 0 Å². The van der Waals surface area contributed by atoms with Gasteiger partial charge in [-0.3, -0.25) is 9.59 Å². The van der Waals surface area contributed by atoms with Crippen molar-refractivity contribution in [2.24, 2.45) is 0 Å². The number of nitrogens with one attached hydrogen (secondary N) is 2. The molecular weight excluding hydrogens is 254 g/mol. The zero-order valence-electron chi connectivity index (χ0n) is 12.0. The molecule has 2 amide bonds. The Morgan fingerprint density at radius 3 is 2.80 bits per heavy atom.